The Hall–Kier alpha value is -2.87. The lowest BCUT2D eigenvalue weighted by Crippen LogP contribution is -2.07. The third-order valence-electron chi connectivity index (χ3n) is 3.62. The number of aromatic nitrogens is 7. The zero-order valence-electron chi connectivity index (χ0n) is 12.3. The molecule has 0 amide bonds. The van der Waals surface area contributed by atoms with Gasteiger partial charge in [0.2, 0.25) is 0 Å². The average Bonchev–Trinajstić information content (AvgIpc) is 3.36. The Morgan fingerprint density at radius 2 is 2.04 bits per heavy atom. The van der Waals surface area contributed by atoms with E-state index in [-0.39, 0.29) is 6.04 Å². The molecule has 4 rings (SSSR count). The van der Waals surface area contributed by atoms with Crippen LogP contribution in [0.2, 0.25) is 0 Å². The Balaban J connectivity index is 1.58. The van der Waals surface area contributed by atoms with Gasteiger partial charge >= 0.3 is 0 Å². The van der Waals surface area contributed by atoms with Gasteiger partial charge in [0.15, 0.2) is 0 Å². The SMILES string of the molecule is C[C@H](c1ccc(-n2cncn2)cc1)n1cc(-c2nccs2)nn1. The van der Waals surface area contributed by atoms with E-state index >= 15 is 0 Å². The van der Waals surface area contributed by atoms with E-state index in [9.17, 15) is 0 Å². The maximum Gasteiger partial charge on any atom is 0.145 e. The average molecular weight is 323 g/mol. The molecule has 114 valence electrons. The van der Waals surface area contributed by atoms with Crippen molar-refractivity contribution in [1.29, 1.82) is 0 Å². The van der Waals surface area contributed by atoms with Crippen molar-refractivity contribution in [3.8, 4) is 16.4 Å². The molecule has 0 spiro atoms. The molecule has 0 fully saturated rings. The molecule has 4 aromatic rings. The largest absolute Gasteiger partial charge is 0.245 e. The molecule has 0 N–H and O–H groups in total. The first-order chi connectivity index (χ1) is 11.3. The number of hydrogen-bond acceptors (Lipinski definition) is 6. The Bertz CT molecular complexity index is 878. The molecule has 0 aliphatic carbocycles. The molecule has 0 aliphatic heterocycles. The second-order valence-corrected chi connectivity index (χ2v) is 5.92. The van der Waals surface area contributed by atoms with E-state index in [1.54, 1.807) is 28.5 Å². The lowest BCUT2D eigenvalue weighted by atomic mass is 10.1. The van der Waals surface area contributed by atoms with E-state index in [1.807, 2.05) is 28.4 Å². The highest BCUT2D eigenvalue weighted by atomic mass is 32.1. The normalized spacial score (nSPS) is 12.4. The molecule has 0 bridgehead atoms. The fraction of sp³-hybridized carbons (Fsp3) is 0.133. The second kappa shape index (κ2) is 5.73. The molecule has 0 aliphatic rings. The minimum atomic E-state index is 0.0843. The van der Waals surface area contributed by atoms with E-state index in [0.717, 1.165) is 22.0 Å². The molecule has 8 heteroatoms. The summed E-state index contributed by atoms with van der Waals surface area (Å²) in [5, 5.41) is 15.4. The minimum Gasteiger partial charge on any atom is -0.245 e. The molecule has 3 heterocycles. The zero-order valence-corrected chi connectivity index (χ0v) is 13.1. The van der Waals surface area contributed by atoms with Crippen LogP contribution in [-0.2, 0) is 0 Å². The zero-order chi connectivity index (χ0) is 15.6. The molecule has 23 heavy (non-hydrogen) atoms. The van der Waals surface area contributed by atoms with Crippen LogP contribution >= 0.6 is 11.3 Å². The number of rotatable bonds is 4. The van der Waals surface area contributed by atoms with Crippen molar-refractivity contribution in [3.63, 3.8) is 0 Å². The van der Waals surface area contributed by atoms with Crippen molar-refractivity contribution in [2.24, 2.45) is 0 Å². The van der Waals surface area contributed by atoms with Crippen molar-refractivity contribution >= 4 is 11.3 Å². The topological polar surface area (TPSA) is 74.3 Å². The van der Waals surface area contributed by atoms with E-state index in [2.05, 4.69) is 44.4 Å². The van der Waals surface area contributed by atoms with Gasteiger partial charge in [-0.25, -0.2) is 19.3 Å². The van der Waals surface area contributed by atoms with Gasteiger partial charge in [-0.1, -0.05) is 17.3 Å². The van der Waals surface area contributed by atoms with E-state index in [0.29, 0.717) is 0 Å². The van der Waals surface area contributed by atoms with E-state index in [4.69, 9.17) is 0 Å². The highest BCUT2D eigenvalue weighted by molar-refractivity contribution is 7.13. The van der Waals surface area contributed by atoms with Gasteiger partial charge in [-0.2, -0.15) is 5.10 Å². The lowest BCUT2D eigenvalue weighted by Gasteiger charge is -2.12. The summed E-state index contributed by atoms with van der Waals surface area (Å²) in [6.45, 7) is 2.09. The maximum atomic E-state index is 4.26. The van der Waals surface area contributed by atoms with Crippen LogP contribution in [0, 0.1) is 0 Å². The summed E-state index contributed by atoms with van der Waals surface area (Å²) < 4.78 is 3.58. The van der Waals surface area contributed by atoms with Crippen molar-refractivity contribution in [3.05, 3.63) is 60.3 Å². The van der Waals surface area contributed by atoms with Gasteiger partial charge in [0.05, 0.1) is 17.9 Å². The first-order valence-corrected chi connectivity index (χ1v) is 7.96. The summed E-state index contributed by atoms with van der Waals surface area (Å²) in [5.74, 6) is 0. The van der Waals surface area contributed by atoms with Gasteiger partial charge < -0.3 is 0 Å². The number of hydrogen-bond donors (Lipinski definition) is 0. The third kappa shape index (κ3) is 2.64. The summed E-state index contributed by atoms with van der Waals surface area (Å²) in [4.78, 5) is 8.21. The van der Waals surface area contributed by atoms with Gasteiger partial charge in [-0.15, -0.1) is 16.4 Å². The van der Waals surface area contributed by atoms with Gasteiger partial charge in [-0.05, 0) is 24.6 Å². The molecule has 7 nitrogen and oxygen atoms in total. The Labute approximate surface area is 136 Å². The van der Waals surface area contributed by atoms with Crippen LogP contribution in [0.25, 0.3) is 16.4 Å². The second-order valence-electron chi connectivity index (χ2n) is 5.03. The van der Waals surface area contributed by atoms with Gasteiger partial charge in [0.1, 0.15) is 23.4 Å². The first-order valence-electron chi connectivity index (χ1n) is 7.08. The Morgan fingerprint density at radius 3 is 2.74 bits per heavy atom. The first kappa shape index (κ1) is 13.8. The molecular formula is C15H13N7S. The predicted octanol–water partition coefficient (Wildman–Crippen LogP) is 2.59. The van der Waals surface area contributed by atoms with Gasteiger partial charge in [-0.3, -0.25) is 0 Å². The van der Waals surface area contributed by atoms with Gasteiger partial charge in [0, 0.05) is 11.6 Å². The van der Waals surface area contributed by atoms with Crippen molar-refractivity contribution in [2.75, 3.05) is 0 Å². The molecule has 0 saturated heterocycles. The van der Waals surface area contributed by atoms with Crippen molar-refractivity contribution in [2.45, 2.75) is 13.0 Å². The molecule has 0 saturated carbocycles. The third-order valence-corrected chi connectivity index (χ3v) is 4.41. The molecular weight excluding hydrogens is 310 g/mol. The van der Waals surface area contributed by atoms with Crippen LogP contribution < -0.4 is 0 Å². The summed E-state index contributed by atoms with van der Waals surface area (Å²) in [5.41, 5.74) is 2.91. The Kier molecular flexibility index (Phi) is 3.43. The fourth-order valence-electron chi connectivity index (χ4n) is 2.31. The maximum absolute atomic E-state index is 4.26. The van der Waals surface area contributed by atoms with Crippen LogP contribution in [0.15, 0.2) is 54.7 Å². The highest BCUT2D eigenvalue weighted by Gasteiger charge is 2.12. The number of thiazole rings is 1. The Morgan fingerprint density at radius 1 is 1.17 bits per heavy atom. The standard InChI is InChI=1S/C15H13N7S/c1-11(21-8-14(19-20-21)15-17-6-7-23-15)12-2-4-13(5-3-12)22-10-16-9-18-22/h2-11H,1H3/t11-/m1/s1. The van der Waals surface area contributed by atoms with Crippen molar-refractivity contribution < 1.29 is 0 Å². The molecule has 1 aromatic carbocycles. The lowest BCUT2D eigenvalue weighted by molar-refractivity contribution is 0.543. The van der Waals surface area contributed by atoms with Gasteiger partial charge in [0.25, 0.3) is 0 Å². The van der Waals surface area contributed by atoms with Crippen LogP contribution in [0.5, 0.6) is 0 Å². The van der Waals surface area contributed by atoms with Crippen LogP contribution in [0.3, 0.4) is 0 Å². The summed E-state index contributed by atoms with van der Waals surface area (Å²) in [6.07, 6.45) is 6.89. The highest BCUT2D eigenvalue weighted by Crippen LogP contribution is 2.23. The molecule has 0 unspecified atom stereocenters. The smallest absolute Gasteiger partial charge is 0.145 e. The number of benzene rings is 1. The van der Waals surface area contributed by atoms with Crippen LogP contribution in [0.4, 0.5) is 0 Å². The fourth-order valence-corrected chi connectivity index (χ4v) is 2.90. The molecule has 3 aromatic heterocycles. The summed E-state index contributed by atoms with van der Waals surface area (Å²) in [7, 11) is 0. The quantitative estimate of drug-likeness (QED) is 0.577. The monoisotopic (exact) mass is 323 g/mol. The number of nitrogens with zero attached hydrogens (tertiary/aromatic N) is 7. The van der Waals surface area contributed by atoms with Crippen molar-refractivity contribution in [1.82, 2.24) is 34.7 Å². The molecule has 0 radical (unpaired) electrons. The van der Waals surface area contributed by atoms with E-state index < -0.39 is 0 Å². The summed E-state index contributed by atoms with van der Waals surface area (Å²) in [6, 6.07) is 8.23. The molecule has 1 atom stereocenters. The predicted molar refractivity (Wildman–Crippen MR) is 86.3 cm³/mol. The van der Waals surface area contributed by atoms with E-state index in [1.165, 1.54) is 6.33 Å². The van der Waals surface area contributed by atoms with Crippen LogP contribution in [-0.4, -0.2) is 34.7 Å². The summed E-state index contributed by atoms with van der Waals surface area (Å²) >= 11 is 1.55. The minimum absolute atomic E-state index is 0.0843. The van der Waals surface area contributed by atoms with Crippen LogP contribution in [0.1, 0.15) is 18.5 Å².